The van der Waals surface area contributed by atoms with Crippen molar-refractivity contribution >= 4 is 16.6 Å². The highest BCUT2D eigenvalue weighted by atomic mass is 16.7. The summed E-state index contributed by atoms with van der Waals surface area (Å²) >= 11 is 0. The molecule has 2 aliphatic rings. The zero-order valence-electron chi connectivity index (χ0n) is 22.1. The first-order valence-electron chi connectivity index (χ1n) is 13.4. The van der Waals surface area contributed by atoms with Crippen molar-refractivity contribution in [2.24, 2.45) is 5.73 Å². The van der Waals surface area contributed by atoms with Crippen molar-refractivity contribution in [3.8, 4) is 22.4 Å². The van der Waals surface area contributed by atoms with Gasteiger partial charge in [-0.3, -0.25) is 4.40 Å². The summed E-state index contributed by atoms with van der Waals surface area (Å²) in [6.07, 6.45) is 3.64. The molecule has 8 nitrogen and oxygen atoms in total. The van der Waals surface area contributed by atoms with E-state index in [1.54, 1.807) is 13.8 Å². The van der Waals surface area contributed by atoms with Crippen molar-refractivity contribution in [1.82, 2.24) is 19.6 Å². The zero-order chi connectivity index (χ0) is 26.8. The first-order valence-corrected chi connectivity index (χ1v) is 13.4. The van der Waals surface area contributed by atoms with Crippen molar-refractivity contribution in [3.63, 3.8) is 0 Å². The molecule has 2 fully saturated rings. The van der Waals surface area contributed by atoms with Crippen molar-refractivity contribution in [3.05, 3.63) is 84.3 Å². The van der Waals surface area contributed by atoms with Gasteiger partial charge in [0.1, 0.15) is 5.82 Å². The van der Waals surface area contributed by atoms with E-state index in [1.807, 2.05) is 34.9 Å². The average Bonchev–Trinajstić information content (AvgIpc) is 3.55. The molecule has 0 bridgehead atoms. The minimum atomic E-state index is -0.888. The van der Waals surface area contributed by atoms with Gasteiger partial charge in [0, 0.05) is 42.0 Å². The molecule has 39 heavy (non-hydrogen) atoms. The summed E-state index contributed by atoms with van der Waals surface area (Å²) < 4.78 is 13.6. The standard InChI is InChI=1S/C31H31N5O3/c1-29(2,37)17-26-34-35-28-24-16-23(20-6-4-3-5-7-20)27(33-25(24)12-13-36(26)28)21-8-10-22(11-9-21)30(32)18-31(19-30)38-14-15-39-31/h3-13,16,37H,14-15,17-19,32H2,1-2H3. The van der Waals surface area contributed by atoms with Crippen LogP contribution in [0.2, 0.25) is 0 Å². The van der Waals surface area contributed by atoms with Crippen molar-refractivity contribution < 1.29 is 14.6 Å². The van der Waals surface area contributed by atoms with E-state index in [2.05, 4.69) is 52.7 Å². The van der Waals surface area contributed by atoms with Crippen molar-refractivity contribution in [2.75, 3.05) is 13.2 Å². The maximum Gasteiger partial charge on any atom is 0.172 e. The van der Waals surface area contributed by atoms with Crippen LogP contribution in [0.1, 0.15) is 38.1 Å². The van der Waals surface area contributed by atoms with Crippen LogP contribution in [0, 0.1) is 0 Å². The van der Waals surface area contributed by atoms with Crippen molar-refractivity contribution in [1.29, 1.82) is 0 Å². The lowest BCUT2D eigenvalue weighted by Crippen LogP contribution is -2.60. The van der Waals surface area contributed by atoms with Crippen LogP contribution in [0.3, 0.4) is 0 Å². The van der Waals surface area contributed by atoms with E-state index < -0.39 is 16.9 Å². The average molecular weight is 522 g/mol. The summed E-state index contributed by atoms with van der Waals surface area (Å²) in [5, 5.41) is 20.1. The highest BCUT2D eigenvalue weighted by Crippen LogP contribution is 2.51. The summed E-state index contributed by atoms with van der Waals surface area (Å²) in [4.78, 5) is 5.14. The van der Waals surface area contributed by atoms with Gasteiger partial charge in [0.05, 0.1) is 35.6 Å². The van der Waals surface area contributed by atoms with E-state index in [0.717, 1.165) is 44.5 Å². The quantitative estimate of drug-likeness (QED) is 0.348. The second-order valence-corrected chi connectivity index (χ2v) is 11.5. The summed E-state index contributed by atoms with van der Waals surface area (Å²) in [5.41, 5.74) is 12.0. The Morgan fingerprint density at radius 2 is 1.67 bits per heavy atom. The molecule has 1 saturated carbocycles. The van der Waals surface area contributed by atoms with Crippen LogP contribution in [0.5, 0.6) is 0 Å². The molecule has 4 heterocycles. The summed E-state index contributed by atoms with van der Waals surface area (Å²) in [5.74, 6) is 0.204. The van der Waals surface area contributed by atoms with E-state index in [4.69, 9.17) is 20.2 Å². The van der Waals surface area contributed by atoms with Crippen LogP contribution < -0.4 is 5.73 Å². The summed E-state index contributed by atoms with van der Waals surface area (Å²) in [6.45, 7) is 4.81. The first kappa shape index (κ1) is 24.4. The monoisotopic (exact) mass is 521 g/mol. The Bertz CT molecular complexity index is 1680. The minimum absolute atomic E-state index is 0.394. The van der Waals surface area contributed by atoms with Crippen LogP contribution in [0.25, 0.3) is 38.9 Å². The van der Waals surface area contributed by atoms with Gasteiger partial charge in [-0.05, 0) is 37.1 Å². The Hall–Kier alpha value is -3.69. The van der Waals surface area contributed by atoms with Gasteiger partial charge < -0.3 is 20.3 Å². The molecule has 0 atom stereocenters. The molecule has 2 aromatic carbocycles. The van der Waals surface area contributed by atoms with Crippen LogP contribution in [-0.4, -0.2) is 49.3 Å². The van der Waals surface area contributed by atoms with Crippen LogP contribution in [-0.2, 0) is 21.4 Å². The molecule has 3 aromatic heterocycles. The fraction of sp³-hybridized carbons (Fsp3) is 0.323. The van der Waals surface area contributed by atoms with E-state index in [1.165, 1.54) is 0 Å². The third-order valence-corrected chi connectivity index (χ3v) is 7.83. The molecule has 8 heteroatoms. The normalized spacial score (nSPS) is 18.2. The predicted octanol–water partition coefficient (Wildman–Crippen LogP) is 4.62. The Morgan fingerprint density at radius 3 is 2.36 bits per heavy atom. The number of ether oxygens (including phenoxy) is 2. The number of rotatable bonds is 5. The zero-order valence-corrected chi connectivity index (χ0v) is 22.1. The highest BCUT2D eigenvalue weighted by Gasteiger charge is 2.57. The number of fused-ring (bicyclic) bond motifs is 3. The molecular formula is C31H31N5O3. The minimum Gasteiger partial charge on any atom is -0.390 e. The first-order chi connectivity index (χ1) is 18.7. The molecule has 0 unspecified atom stereocenters. The molecule has 0 radical (unpaired) electrons. The van der Waals surface area contributed by atoms with E-state index in [-0.39, 0.29) is 0 Å². The van der Waals surface area contributed by atoms with E-state index in [9.17, 15) is 5.11 Å². The Labute approximate surface area is 226 Å². The SMILES string of the molecule is CC(C)(O)Cc1nnc2c3cc(-c4ccccc4)c(-c4ccc(C5(N)CC6(C5)OCCO6)cc4)nc3ccn12. The molecule has 1 saturated heterocycles. The Morgan fingerprint density at radius 1 is 0.949 bits per heavy atom. The number of hydrogen-bond donors (Lipinski definition) is 2. The number of aliphatic hydroxyl groups is 1. The number of aromatic nitrogens is 4. The second-order valence-electron chi connectivity index (χ2n) is 11.5. The van der Waals surface area contributed by atoms with Crippen LogP contribution in [0.15, 0.2) is 72.9 Å². The third-order valence-electron chi connectivity index (χ3n) is 7.83. The summed E-state index contributed by atoms with van der Waals surface area (Å²) in [6, 6.07) is 22.8. The van der Waals surface area contributed by atoms with E-state index in [0.29, 0.717) is 38.3 Å². The van der Waals surface area contributed by atoms with Crippen LogP contribution >= 0.6 is 0 Å². The van der Waals surface area contributed by atoms with Gasteiger partial charge in [-0.15, -0.1) is 10.2 Å². The number of hydrogen-bond acceptors (Lipinski definition) is 7. The number of benzene rings is 2. The molecule has 1 spiro atoms. The van der Waals surface area contributed by atoms with E-state index >= 15 is 0 Å². The third kappa shape index (κ3) is 4.20. The number of pyridine rings is 2. The molecule has 7 rings (SSSR count). The van der Waals surface area contributed by atoms with Gasteiger partial charge >= 0.3 is 0 Å². The highest BCUT2D eigenvalue weighted by molar-refractivity contribution is 5.98. The maximum absolute atomic E-state index is 10.3. The largest absolute Gasteiger partial charge is 0.390 e. The molecule has 5 aromatic rings. The van der Waals surface area contributed by atoms with Gasteiger partial charge in [0.2, 0.25) is 0 Å². The molecule has 1 aliphatic carbocycles. The fourth-order valence-corrected chi connectivity index (χ4v) is 5.98. The van der Waals surface area contributed by atoms with Crippen LogP contribution in [0.4, 0.5) is 0 Å². The summed E-state index contributed by atoms with van der Waals surface area (Å²) in [7, 11) is 0. The Kier molecular flexibility index (Phi) is 5.41. The van der Waals surface area contributed by atoms with Crippen molar-refractivity contribution in [2.45, 2.75) is 50.0 Å². The molecule has 1 aliphatic heterocycles. The second kappa shape index (κ2) is 8.66. The lowest BCUT2D eigenvalue weighted by molar-refractivity contribution is -0.239. The topological polar surface area (TPSA) is 108 Å². The smallest absolute Gasteiger partial charge is 0.172 e. The predicted molar refractivity (Wildman–Crippen MR) is 149 cm³/mol. The van der Waals surface area contributed by atoms with Gasteiger partial charge in [-0.1, -0.05) is 54.6 Å². The molecular weight excluding hydrogens is 490 g/mol. The number of nitrogens with two attached hydrogens (primary N) is 1. The number of nitrogens with zero attached hydrogens (tertiary/aromatic N) is 4. The lowest BCUT2D eigenvalue weighted by atomic mass is 9.68. The van der Waals surface area contributed by atoms with Gasteiger partial charge in [0.15, 0.2) is 11.4 Å². The van der Waals surface area contributed by atoms with Gasteiger partial charge in [-0.2, -0.15) is 0 Å². The molecule has 198 valence electrons. The Balaban J connectivity index is 1.31. The lowest BCUT2D eigenvalue weighted by Gasteiger charge is -2.50. The molecule has 0 amide bonds. The molecule has 3 N–H and O–H groups in total. The van der Waals surface area contributed by atoms with Gasteiger partial charge in [0.25, 0.3) is 0 Å². The maximum atomic E-state index is 10.3. The fourth-order valence-electron chi connectivity index (χ4n) is 5.98. The van der Waals surface area contributed by atoms with Gasteiger partial charge in [-0.25, -0.2) is 4.98 Å².